The Bertz CT molecular complexity index is 793. The minimum Gasteiger partial charge on any atom is -0.489 e. The lowest BCUT2D eigenvalue weighted by Gasteiger charge is -2.24. The first-order chi connectivity index (χ1) is 14.2. The SMILES string of the molecule is COC(=O)C(CCc1ccccc1OCc1ccccc1)C(=O)C1CCCCC1. The molecule has 0 heterocycles. The molecule has 4 heteroatoms. The summed E-state index contributed by atoms with van der Waals surface area (Å²) < 4.78 is 11.0. The quantitative estimate of drug-likeness (QED) is 0.437. The van der Waals surface area contributed by atoms with Gasteiger partial charge in [0.05, 0.1) is 7.11 Å². The van der Waals surface area contributed by atoms with Crippen LogP contribution in [0.5, 0.6) is 5.75 Å². The molecule has 3 rings (SSSR count). The van der Waals surface area contributed by atoms with E-state index >= 15 is 0 Å². The van der Waals surface area contributed by atoms with E-state index in [0.29, 0.717) is 19.4 Å². The van der Waals surface area contributed by atoms with Gasteiger partial charge < -0.3 is 9.47 Å². The van der Waals surface area contributed by atoms with Crippen molar-refractivity contribution >= 4 is 11.8 Å². The molecule has 0 aliphatic heterocycles. The summed E-state index contributed by atoms with van der Waals surface area (Å²) in [7, 11) is 1.36. The van der Waals surface area contributed by atoms with Gasteiger partial charge in [-0.15, -0.1) is 0 Å². The highest BCUT2D eigenvalue weighted by molar-refractivity contribution is 6.00. The van der Waals surface area contributed by atoms with Crippen LogP contribution in [0.2, 0.25) is 0 Å². The van der Waals surface area contributed by atoms with Crippen molar-refractivity contribution in [1.82, 2.24) is 0 Å². The summed E-state index contributed by atoms with van der Waals surface area (Å²) in [6.45, 7) is 0.485. The smallest absolute Gasteiger partial charge is 0.316 e. The molecule has 0 radical (unpaired) electrons. The van der Waals surface area contributed by atoms with Gasteiger partial charge in [-0.1, -0.05) is 67.8 Å². The molecule has 0 N–H and O–H groups in total. The van der Waals surface area contributed by atoms with Crippen LogP contribution in [-0.2, 0) is 27.4 Å². The zero-order chi connectivity index (χ0) is 20.5. The van der Waals surface area contributed by atoms with E-state index in [1.807, 2.05) is 54.6 Å². The van der Waals surface area contributed by atoms with Crippen LogP contribution in [0.25, 0.3) is 0 Å². The third-order valence-electron chi connectivity index (χ3n) is 5.75. The monoisotopic (exact) mass is 394 g/mol. The summed E-state index contributed by atoms with van der Waals surface area (Å²) in [5, 5.41) is 0. The van der Waals surface area contributed by atoms with Gasteiger partial charge in [0.1, 0.15) is 24.1 Å². The zero-order valence-electron chi connectivity index (χ0n) is 17.1. The van der Waals surface area contributed by atoms with Crippen molar-refractivity contribution in [2.24, 2.45) is 11.8 Å². The lowest BCUT2D eigenvalue weighted by molar-refractivity contribution is -0.151. The molecule has 0 aromatic heterocycles. The van der Waals surface area contributed by atoms with E-state index < -0.39 is 11.9 Å². The molecule has 29 heavy (non-hydrogen) atoms. The number of para-hydroxylation sites is 1. The average molecular weight is 395 g/mol. The van der Waals surface area contributed by atoms with Crippen LogP contribution in [-0.4, -0.2) is 18.9 Å². The van der Waals surface area contributed by atoms with Crippen molar-refractivity contribution < 1.29 is 19.1 Å². The lowest BCUT2D eigenvalue weighted by Crippen LogP contribution is -2.32. The molecule has 154 valence electrons. The van der Waals surface area contributed by atoms with Gasteiger partial charge in [0.2, 0.25) is 0 Å². The minimum absolute atomic E-state index is 0.00238. The second-order valence-electron chi connectivity index (χ2n) is 7.73. The van der Waals surface area contributed by atoms with Gasteiger partial charge in [-0.25, -0.2) is 0 Å². The van der Waals surface area contributed by atoms with Crippen LogP contribution in [0.3, 0.4) is 0 Å². The number of ether oxygens (including phenoxy) is 2. The predicted molar refractivity (Wildman–Crippen MR) is 113 cm³/mol. The number of esters is 1. The zero-order valence-corrected chi connectivity index (χ0v) is 17.1. The molecule has 0 spiro atoms. The van der Waals surface area contributed by atoms with Crippen LogP contribution in [0, 0.1) is 11.8 Å². The van der Waals surface area contributed by atoms with Gasteiger partial charge in [0, 0.05) is 5.92 Å². The fourth-order valence-corrected chi connectivity index (χ4v) is 4.08. The number of methoxy groups -OCH3 is 1. The minimum atomic E-state index is -0.690. The molecule has 1 unspecified atom stereocenters. The van der Waals surface area contributed by atoms with E-state index in [1.165, 1.54) is 13.5 Å². The summed E-state index contributed by atoms with van der Waals surface area (Å²) in [6.07, 6.45) is 6.16. The first-order valence-electron chi connectivity index (χ1n) is 10.5. The van der Waals surface area contributed by atoms with Crippen LogP contribution in [0.1, 0.15) is 49.7 Å². The molecular weight excluding hydrogens is 364 g/mol. The fraction of sp³-hybridized carbons (Fsp3) is 0.440. The van der Waals surface area contributed by atoms with E-state index in [0.717, 1.165) is 42.6 Å². The van der Waals surface area contributed by atoms with Crippen molar-refractivity contribution in [3.63, 3.8) is 0 Å². The Hall–Kier alpha value is -2.62. The molecule has 2 aromatic carbocycles. The van der Waals surface area contributed by atoms with Gasteiger partial charge in [-0.3, -0.25) is 9.59 Å². The van der Waals surface area contributed by atoms with Crippen molar-refractivity contribution in [3.8, 4) is 5.75 Å². The molecule has 0 amide bonds. The number of carbonyl (C=O) groups excluding carboxylic acids is 2. The molecule has 1 atom stereocenters. The molecule has 1 fully saturated rings. The molecule has 1 aliphatic rings. The standard InChI is InChI=1S/C25H30O4/c1-28-25(27)22(24(26)21-13-6-3-7-14-21)17-16-20-12-8-9-15-23(20)29-18-19-10-4-2-5-11-19/h2,4-5,8-12,15,21-22H,3,6-7,13-14,16-18H2,1H3. The number of carbonyl (C=O) groups is 2. The Morgan fingerprint density at radius 3 is 2.38 bits per heavy atom. The number of hydrogen-bond acceptors (Lipinski definition) is 4. The highest BCUT2D eigenvalue weighted by atomic mass is 16.5. The van der Waals surface area contributed by atoms with Gasteiger partial charge in [0.15, 0.2) is 0 Å². The summed E-state index contributed by atoms with van der Waals surface area (Å²) in [5.74, 6) is -0.254. The van der Waals surface area contributed by atoms with Crippen LogP contribution in [0.4, 0.5) is 0 Å². The maximum absolute atomic E-state index is 13.0. The first kappa shape index (κ1) is 21.1. The molecule has 1 saturated carbocycles. The Kier molecular flexibility index (Phi) is 7.85. The van der Waals surface area contributed by atoms with Gasteiger partial charge in [-0.05, 0) is 42.9 Å². The number of rotatable bonds is 9. The van der Waals surface area contributed by atoms with E-state index in [-0.39, 0.29) is 11.7 Å². The van der Waals surface area contributed by atoms with Crippen molar-refractivity contribution in [2.45, 2.75) is 51.6 Å². The van der Waals surface area contributed by atoms with Crippen molar-refractivity contribution in [2.75, 3.05) is 7.11 Å². The number of ketones is 1. The number of hydrogen-bond donors (Lipinski definition) is 0. The second kappa shape index (κ2) is 10.8. The molecule has 0 bridgehead atoms. The maximum Gasteiger partial charge on any atom is 0.316 e. The third kappa shape index (κ3) is 5.93. The predicted octanol–water partition coefficient (Wildman–Crippen LogP) is 5.14. The Balaban J connectivity index is 1.65. The summed E-state index contributed by atoms with van der Waals surface area (Å²) in [4.78, 5) is 25.3. The van der Waals surface area contributed by atoms with Crippen LogP contribution < -0.4 is 4.74 Å². The maximum atomic E-state index is 13.0. The molecule has 1 aliphatic carbocycles. The van der Waals surface area contributed by atoms with Gasteiger partial charge in [0.25, 0.3) is 0 Å². The van der Waals surface area contributed by atoms with Crippen LogP contribution >= 0.6 is 0 Å². The van der Waals surface area contributed by atoms with Crippen molar-refractivity contribution in [3.05, 3.63) is 65.7 Å². The Morgan fingerprint density at radius 2 is 1.66 bits per heavy atom. The number of Topliss-reactive ketones (excluding diaryl/α,β-unsaturated/α-hetero) is 1. The van der Waals surface area contributed by atoms with Crippen LogP contribution in [0.15, 0.2) is 54.6 Å². The molecular formula is C25H30O4. The van der Waals surface area contributed by atoms with E-state index in [2.05, 4.69) is 0 Å². The van der Waals surface area contributed by atoms with E-state index in [4.69, 9.17) is 9.47 Å². The Labute approximate surface area is 173 Å². The summed E-state index contributed by atoms with van der Waals surface area (Å²) >= 11 is 0. The van der Waals surface area contributed by atoms with Gasteiger partial charge in [-0.2, -0.15) is 0 Å². The molecule has 2 aromatic rings. The largest absolute Gasteiger partial charge is 0.489 e. The summed E-state index contributed by atoms with van der Waals surface area (Å²) in [5.41, 5.74) is 2.11. The first-order valence-corrected chi connectivity index (χ1v) is 10.5. The second-order valence-corrected chi connectivity index (χ2v) is 7.73. The van der Waals surface area contributed by atoms with E-state index in [1.54, 1.807) is 0 Å². The highest BCUT2D eigenvalue weighted by Gasteiger charge is 2.33. The average Bonchev–Trinajstić information content (AvgIpc) is 2.79. The van der Waals surface area contributed by atoms with Crippen molar-refractivity contribution in [1.29, 1.82) is 0 Å². The van der Waals surface area contributed by atoms with E-state index in [9.17, 15) is 9.59 Å². The van der Waals surface area contributed by atoms with Gasteiger partial charge >= 0.3 is 5.97 Å². The Morgan fingerprint density at radius 1 is 0.966 bits per heavy atom. The third-order valence-corrected chi connectivity index (χ3v) is 5.75. The summed E-state index contributed by atoms with van der Waals surface area (Å²) in [6, 6.07) is 17.8. The highest BCUT2D eigenvalue weighted by Crippen LogP contribution is 2.30. The lowest BCUT2D eigenvalue weighted by atomic mass is 9.80. The number of benzene rings is 2. The fourth-order valence-electron chi connectivity index (χ4n) is 4.08. The molecule has 0 saturated heterocycles. The normalized spacial score (nSPS) is 15.5. The number of aryl methyl sites for hydroxylation is 1. The topological polar surface area (TPSA) is 52.6 Å². The molecule has 4 nitrogen and oxygen atoms in total.